The Morgan fingerprint density at radius 1 is 1.19 bits per heavy atom. The standard InChI is InChI=1S/C15H10N4O2/c1-9-6-11(7-16)15(18)13(8-17)14(9)10-2-4-12(5-3-10)19(20)21/h2-6H,18H2,1H3. The van der Waals surface area contributed by atoms with E-state index in [1.807, 2.05) is 12.1 Å². The Morgan fingerprint density at radius 3 is 2.29 bits per heavy atom. The zero-order valence-electron chi connectivity index (χ0n) is 11.1. The molecule has 0 fully saturated rings. The molecule has 0 heterocycles. The topological polar surface area (TPSA) is 117 Å². The predicted molar refractivity (Wildman–Crippen MR) is 77.1 cm³/mol. The largest absolute Gasteiger partial charge is 0.397 e. The van der Waals surface area contributed by atoms with Gasteiger partial charge in [-0.25, -0.2) is 0 Å². The van der Waals surface area contributed by atoms with Crippen LogP contribution in [0.25, 0.3) is 11.1 Å². The highest BCUT2D eigenvalue weighted by Crippen LogP contribution is 2.33. The van der Waals surface area contributed by atoms with Gasteiger partial charge >= 0.3 is 0 Å². The van der Waals surface area contributed by atoms with E-state index in [0.29, 0.717) is 16.7 Å². The van der Waals surface area contributed by atoms with Crippen molar-refractivity contribution in [1.29, 1.82) is 10.5 Å². The maximum atomic E-state index is 10.7. The Labute approximate surface area is 120 Å². The predicted octanol–water partition coefficient (Wildman–Crippen LogP) is 2.90. The highest BCUT2D eigenvalue weighted by Gasteiger charge is 2.16. The van der Waals surface area contributed by atoms with E-state index in [1.165, 1.54) is 12.1 Å². The molecule has 102 valence electrons. The van der Waals surface area contributed by atoms with Gasteiger partial charge in [0.05, 0.1) is 21.7 Å². The van der Waals surface area contributed by atoms with Crippen molar-refractivity contribution in [2.45, 2.75) is 6.92 Å². The number of anilines is 1. The lowest BCUT2D eigenvalue weighted by Gasteiger charge is -2.12. The summed E-state index contributed by atoms with van der Waals surface area (Å²) in [5.74, 6) is 0. The molecule has 0 aliphatic heterocycles. The number of aryl methyl sites for hydroxylation is 1. The molecule has 21 heavy (non-hydrogen) atoms. The van der Waals surface area contributed by atoms with E-state index in [-0.39, 0.29) is 22.5 Å². The third kappa shape index (κ3) is 2.38. The van der Waals surface area contributed by atoms with Gasteiger partial charge in [-0.2, -0.15) is 10.5 Å². The minimum Gasteiger partial charge on any atom is -0.397 e. The number of non-ortho nitro benzene ring substituents is 1. The molecule has 2 N–H and O–H groups in total. The lowest BCUT2D eigenvalue weighted by Crippen LogP contribution is -2.00. The van der Waals surface area contributed by atoms with Crippen molar-refractivity contribution in [2.24, 2.45) is 0 Å². The first-order chi connectivity index (χ1) is 9.99. The Morgan fingerprint density at radius 2 is 1.81 bits per heavy atom. The van der Waals surface area contributed by atoms with Crippen LogP contribution >= 0.6 is 0 Å². The fraction of sp³-hybridized carbons (Fsp3) is 0.0667. The number of nitro benzene ring substituents is 1. The third-order valence-electron chi connectivity index (χ3n) is 3.16. The number of nitrogens with two attached hydrogens (primary N) is 1. The fourth-order valence-corrected chi connectivity index (χ4v) is 2.16. The van der Waals surface area contributed by atoms with E-state index in [0.717, 1.165) is 0 Å². The van der Waals surface area contributed by atoms with E-state index in [2.05, 4.69) is 0 Å². The summed E-state index contributed by atoms with van der Waals surface area (Å²) in [6.45, 7) is 1.76. The van der Waals surface area contributed by atoms with Gasteiger partial charge in [0.1, 0.15) is 12.1 Å². The number of nitrogens with zero attached hydrogens (tertiary/aromatic N) is 3. The zero-order valence-corrected chi connectivity index (χ0v) is 11.1. The first kappa shape index (κ1) is 14.0. The molecule has 0 amide bonds. The van der Waals surface area contributed by atoms with E-state index < -0.39 is 4.92 Å². The van der Waals surface area contributed by atoms with Crippen molar-refractivity contribution < 1.29 is 4.92 Å². The van der Waals surface area contributed by atoms with Crippen molar-refractivity contribution in [3.63, 3.8) is 0 Å². The number of nitriles is 2. The molecular weight excluding hydrogens is 268 g/mol. The van der Waals surface area contributed by atoms with E-state index >= 15 is 0 Å². The Bertz CT molecular complexity index is 812. The molecule has 0 aromatic heterocycles. The molecule has 0 saturated heterocycles. The monoisotopic (exact) mass is 278 g/mol. The second-order valence-corrected chi connectivity index (χ2v) is 4.43. The summed E-state index contributed by atoms with van der Waals surface area (Å²) in [5, 5.41) is 29.0. The van der Waals surface area contributed by atoms with E-state index in [1.54, 1.807) is 25.1 Å². The van der Waals surface area contributed by atoms with Crippen molar-refractivity contribution in [3.8, 4) is 23.3 Å². The normalized spacial score (nSPS) is 9.67. The summed E-state index contributed by atoms with van der Waals surface area (Å²) < 4.78 is 0. The van der Waals surface area contributed by atoms with Gasteiger partial charge in [-0.05, 0) is 36.2 Å². The van der Waals surface area contributed by atoms with Gasteiger partial charge in [-0.3, -0.25) is 10.1 Å². The number of nitrogen functional groups attached to an aromatic ring is 1. The number of nitro groups is 1. The van der Waals surface area contributed by atoms with E-state index in [9.17, 15) is 15.4 Å². The van der Waals surface area contributed by atoms with Crippen LogP contribution in [0, 0.1) is 39.7 Å². The molecule has 6 heteroatoms. The zero-order chi connectivity index (χ0) is 15.6. The molecule has 2 aromatic rings. The third-order valence-corrected chi connectivity index (χ3v) is 3.16. The van der Waals surface area contributed by atoms with Crippen LogP contribution in [-0.2, 0) is 0 Å². The van der Waals surface area contributed by atoms with Crippen LogP contribution in [0.2, 0.25) is 0 Å². The lowest BCUT2D eigenvalue weighted by atomic mass is 9.92. The summed E-state index contributed by atoms with van der Waals surface area (Å²) in [5.41, 5.74) is 8.33. The molecule has 0 aliphatic rings. The van der Waals surface area contributed by atoms with Crippen molar-refractivity contribution >= 4 is 11.4 Å². The van der Waals surface area contributed by atoms with Gasteiger partial charge in [0.15, 0.2) is 0 Å². The minimum absolute atomic E-state index is 0.0310. The highest BCUT2D eigenvalue weighted by molar-refractivity contribution is 5.83. The molecule has 2 rings (SSSR count). The first-order valence-electron chi connectivity index (χ1n) is 5.97. The number of hydrogen-bond donors (Lipinski definition) is 1. The Balaban J connectivity index is 2.70. The molecule has 0 saturated carbocycles. The number of hydrogen-bond acceptors (Lipinski definition) is 5. The summed E-state index contributed by atoms with van der Waals surface area (Å²) in [7, 11) is 0. The average molecular weight is 278 g/mol. The molecule has 0 unspecified atom stereocenters. The van der Waals surface area contributed by atoms with Crippen LogP contribution in [0.15, 0.2) is 30.3 Å². The second kappa shape index (κ2) is 5.32. The van der Waals surface area contributed by atoms with Crippen LogP contribution in [0.3, 0.4) is 0 Å². The quantitative estimate of drug-likeness (QED) is 0.515. The molecule has 0 bridgehead atoms. The molecule has 0 aliphatic carbocycles. The van der Waals surface area contributed by atoms with Crippen LogP contribution < -0.4 is 5.73 Å². The first-order valence-corrected chi connectivity index (χ1v) is 5.97. The van der Waals surface area contributed by atoms with Gasteiger partial charge < -0.3 is 5.73 Å². The number of benzene rings is 2. The van der Waals surface area contributed by atoms with Crippen molar-refractivity contribution in [3.05, 3.63) is 57.1 Å². The molecule has 0 radical (unpaired) electrons. The van der Waals surface area contributed by atoms with E-state index in [4.69, 9.17) is 11.0 Å². The highest BCUT2D eigenvalue weighted by atomic mass is 16.6. The SMILES string of the molecule is Cc1cc(C#N)c(N)c(C#N)c1-c1ccc([N+](=O)[O-])cc1. The average Bonchev–Trinajstić information content (AvgIpc) is 2.48. The summed E-state index contributed by atoms with van der Waals surface area (Å²) in [6.07, 6.45) is 0. The fourth-order valence-electron chi connectivity index (χ4n) is 2.16. The van der Waals surface area contributed by atoms with Gasteiger partial charge in [0.2, 0.25) is 0 Å². The summed E-state index contributed by atoms with van der Waals surface area (Å²) in [6, 6.07) is 11.4. The molecule has 6 nitrogen and oxygen atoms in total. The Hall–Kier alpha value is -3.38. The van der Waals surface area contributed by atoms with Crippen LogP contribution in [0.1, 0.15) is 16.7 Å². The van der Waals surface area contributed by atoms with Crippen LogP contribution in [-0.4, -0.2) is 4.92 Å². The Kier molecular flexibility index (Phi) is 3.55. The van der Waals surface area contributed by atoms with Gasteiger partial charge in [0.25, 0.3) is 5.69 Å². The van der Waals surface area contributed by atoms with Gasteiger partial charge in [-0.15, -0.1) is 0 Å². The molecule has 2 aromatic carbocycles. The summed E-state index contributed by atoms with van der Waals surface area (Å²) >= 11 is 0. The maximum absolute atomic E-state index is 10.7. The maximum Gasteiger partial charge on any atom is 0.269 e. The van der Waals surface area contributed by atoms with Crippen molar-refractivity contribution in [2.75, 3.05) is 5.73 Å². The second-order valence-electron chi connectivity index (χ2n) is 4.43. The van der Waals surface area contributed by atoms with Gasteiger partial charge in [0, 0.05) is 17.7 Å². The lowest BCUT2D eigenvalue weighted by molar-refractivity contribution is -0.384. The molecule has 0 atom stereocenters. The van der Waals surface area contributed by atoms with Crippen LogP contribution in [0.4, 0.5) is 11.4 Å². The summed E-state index contributed by atoms with van der Waals surface area (Å²) in [4.78, 5) is 10.2. The molecule has 0 spiro atoms. The van der Waals surface area contributed by atoms with Crippen molar-refractivity contribution in [1.82, 2.24) is 0 Å². The number of rotatable bonds is 2. The van der Waals surface area contributed by atoms with Crippen LogP contribution in [0.5, 0.6) is 0 Å². The molecular formula is C15H10N4O2. The smallest absolute Gasteiger partial charge is 0.269 e. The minimum atomic E-state index is -0.491. The van der Waals surface area contributed by atoms with Gasteiger partial charge in [-0.1, -0.05) is 0 Å².